The molecule has 216 valence electrons. The number of carbonyl (C=O) groups excluding carboxylic acids is 1. The van der Waals surface area contributed by atoms with Crippen molar-refractivity contribution in [3.63, 3.8) is 0 Å². The second-order valence-electron chi connectivity index (χ2n) is 9.80. The summed E-state index contributed by atoms with van der Waals surface area (Å²) in [7, 11) is 3.32. The molecule has 40 heavy (non-hydrogen) atoms. The largest absolute Gasteiger partial charge is 0.497 e. The highest BCUT2D eigenvalue weighted by Gasteiger charge is 2.36. The van der Waals surface area contributed by atoms with Gasteiger partial charge in [0.25, 0.3) is 0 Å². The standard InChI is InChI=1S/C13H16N2O.C12H14O2.C4H6O6/c1-16-12-4-2-10(3-5-12)11-6-7-13(15,8-11)9-14;1-14-12-6-3-9(4-7-12)10-2-5-11(13)8-10;5-1(3(7)8)2(6)4(9)10/h2-5,11H,6-8,15H2,1H3;3-4,6-7,10H,2,5,8H2,1H3;1-2,5-6H,(H,7,8)(H,9,10)/t11-,13-;10-;1-,2-/m111/s1. The number of carboxylic acids is 2. The number of hydrogen-bond donors (Lipinski definition) is 5. The Morgan fingerprint density at radius 3 is 1.68 bits per heavy atom. The van der Waals surface area contributed by atoms with E-state index in [1.165, 1.54) is 11.1 Å². The zero-order valence-corrected chi connectivity index (χ0v) is 22.5. The van der Waals surface area contributed by atoms with E-state index in [-0.39, 0.29) is 0 Å². The lowest BCUT2D eigenvalue weighted by Gasteiger charge is -2.14. The smallest absolute Gasteiger partial charge is 0.335 e. The second kappa shape index (κ2) is 15.0. The van der Waals surface area contributed by atoms with E-state index in [9.17, 15) is 14.4 Å². The molecule has 0 unspecified atom stereocenters. The summed E-state index contributed by atoms with van der Waals surface area (Å²) in [6.07, 6.45) is 0.482. The van der Waals surface area contributed by atoms with Gasteiger partial charge in [0, 0.05) is 12.8 Å². The third-order valence-corrected chi connectivity index (χ3v) is 7.00. The Balaban J connectivity index is 0.000000217. The number of Topliss-reactive ketones (excluding diaryl/α,β-unsaturated/α-hetero) is 1. The molecule has 0 saturated heterocycles. The number of nitrogens with two attached hydrogens (primary N) is 1. The zero-order chi connectivity index (χ0) is 29.9. The molecule has 11 heteroatoms. The number of hydrogen-bond acceptors (Lipinski definition) is 9. The molecule has 5 atom stereocenters. The highest BCUT2D eigenvalue weighted by Crippen LogP contribution is 2.39. The first-order valence-electron chi connectivity index (χ1n) is 12.7. The van der Waals surface area contributed by atoms with Crippen LogP contribution in [0.2, 0.25) is 0 Å². The summed E-state index contributed by atoms with van der Waals surface area (Å²) in [4.78, 5) is 30.7. The van der Waals surface area contributed by atoms with E-state index in [2.05, 4.69) is 30.3 Å². The van der Waals surface area contributed by atoms with Crippen LogP contribution in [0.5, 0.6) is 11.5 Å². The molecular weight excluding hydrogens is 520 g/mol. The molecule has 0 heterocycles. The fraction of sp³-hybridized carbons (Fsp3) is 0.448. The number of nitrogens with zero attached hydrogens (tertiary/aromatic N) is 1. The van der Waals surface area contributed by atoms with Gasteiger partial charge in [0.05, 0.1) is 20.3 Å². The lowest BCUT2D eigenvalue weighted by atomic mass is 9.94. The summed E-state index contributed by atoms with van der Waals surface area (Å²) >= 11 is 0. The van der Waals surface area contributed by atoms with E-state index >= 15 is 0 Å². The molecule has 0 aromatic heterocycles. The van der Waals surface area contributed by atoms with Gasteiger partial charge in [0.15, 0.2) is 12.2 Å². The number of aliphatic carboxylic acids is 2. The average molecular weight is 557 g/mol. The molecular formula is C29H36N2O9. The molecule has 11 nitrogen and oxygen atoms in total. The summed E-state index contributed by atoms with van der Waals surface area (Å²) in [6, 6.07) is 18.3. The van der Waals surface area contributed by atoms with Crippen molar-refractivity contribution in [3.05, 3.63) is 59.7 Å². The van der Waals surface area contributed by atoms with Crippen LogP contribution in [0.1, 0.15) is 61.5 Å². The maximum absolute atomic E-state index is 11.1. The summed E-state index contributed by atoms with van der Waals surface area (Å²) < 4.78 is 10.2. The lowest BCUT2D eigenvalue weighted by Crippen LogP contribution is -2.39. The van der Waals surface area contributed by atoms with Crippen LogP contribution >= 0.6 is 0 Å². The summed E-state index contributed by atoms with van der Waals surface area (Å²) in [5.74, 6) is -0.557. The van der Waals surface area contributed by atoms with E-state index in [1.54, 1.807) is 14.2 Å². The summed E-state index contributed by atoms with van der Waals surface area (Å²) in [5.41, 5.74) is 7.85. The third-order valence-electron chi connectivity index (χ3n) is 7.00. The molecule has 2 saturated carbocycles. The van der Waals surface area contributed by atoms with Gasteiger partial charge in [-0.05, 0) is 72.9 Å². The fourth-order valence-corrected chi connectivity index (χ4v) is 4.58. The summed E-state index contributed by atoms with van der Waals surface area (Å²) in [5, 5.41) is 41.5. The van der Waals surface area contributed by atoms with Crippen LogP contribution in [0.25, 0.3) is 0 Å². The molecule has 0 aliphatic heterocycles. The third kappa shape index (κ3) is 9.34. The van der Waals surface area contributed by atoms with Gasteiger partial charge >= 0.3 is 11.9 Å². The molecule has 0 radical (unpaired) electrons. The van der Waals surface area contributed by atoms with Crippen molar-refractivity contribution in [2.24, 2.45) is 5.73 Å². The minimum Gasteiger partial charge on any atom is -0.497 e. The van der Waals surface area contributed by atoms with Gasteiger partial charge in [-0.2, -0.15) is 5.26 Å². The van der Waals surface area contributed by atoms with Crippen molar-refractivity contribution >= 4 is 17.7 Å². The maximum atomic E-state index is 11.1. The number of aliphatic hydroxyl groups excluding tert-OH is 2. The lowest BCUT2D eigenvalue weighted by molar-refractivity contribution is -0.165. The minimum atomic E-state index is -2.27. The van der Waals surface area contributed by atoms with Crippen molar-refractivity contribution in [2.45, 2.75) is 68.1 Å². The average Bonchev–Trinajstić information content (AvgIpc) is 3.59. The number of aliphatic hydroxyl groups is 2. The van der Waals surface area contributed by atoms with Gasteiger partial charge in [0.1, 0.15) is 22.8 Å². The number of carbonyl (C=O) groups is 3. The molecule has 2 aromatic rings. The monoisotopic (exact) mass is 556 g/mol. The number of methoxy groups -OCH3 is 2. The molecule has 6 N–H and O–H groups in total. The number of nitriles is 1. The Morgan fingerprint density at radius 1 is 0.900 bits per heavy atom. The minimum absolute atomic E-state index is 0.394. The van der Waals surface area contributed by atoms with Crippen molar-refractivity contribution in [1.29, 1.82) is 5.26 Å². The number of ketones is 1. The topological polar surface area (TPSA) is 200 Å². The van der Waals surface area contributed by atoms with Gasteiger partial charge in [-0.3, -0.25) is 4.79 Å². The van der Waals surface area contributed by atoms with Crippen LogP contribution in [0.4, 0.5) is 0 Å². The van der Waals surface area contributed by atoms with Crippen LogP contribution in [-0.2, 0) is 14.4 Å². The van der Waals surface area contributed by atoms with E-state index in [1.807, 2.05) is 24.3 Å². The first-order chi connectivity index (χ1) is 18.9. The van der Waals surface area contributed by atoms with Gasteiger partial charge in [-0.1, -0.05) is 24.3 Å². The van der Waals surface area contributed by atoms with Crippen molar-refractivity contribution in [2.75, 3.05) is 14.2 Å². The van der Waals surface area contributed by atoms with Gasteiger partial charge < -0.3 is 35.6 Å². The zero-order valence-electron chi connectivity index (χ0n) is 22.5. The maximum Gasteiger partial charge on any atom is 0.335 e. The highest BCUT2D eigenvalue weighted by molar-refractivity contribution is 5.83. The van der Waals surface area contributed by atoms with Crippen LogP contribution < -0.4 is 15.2 Å². The van der Waals surface area contributed by atoms with E-state index in [0.717, 1.165) is 43.6 Å². The van der Waals surface area contributed by atoms with E-state index in [0.29, 0.717) is 24.0 Å². The van der Waals surface area contributed by atoms with E-state index in [4.69, 9.17) is 40.9 Å². The normalized spacial score (nSPS) is 22.9. The Hall–Kier alpha value is -3.98. The second-order valence-corrected chi connectivity index (χ2v) is 9.80. The predicted molar refractivity (Wildman–Crippen MR) is 144 cm³/mol. The Morgan fingerprint density at radius 2 is 1.35 bits per heavy atom. The predicted octanol–water partition coefficient (Wildman–Crippen LogP) is 2.59. The first-order valence-corrected chi connectivity index (χ1v) is 12.7. The number of benzene rings is 2. The molecule has 2 aromatic carbocycles. The van der Waals surface area contributed by atoms with Gasteiger partial charge in [-0.25, -0.2) is 9.59 Å². The summed E-state index contributed by atoms with van der Waals surface area (Å²) in [6.45, 7) is 0. The molecule has 4 rings (SSSR count). The van der Waals surface area contributed by atoms with Crippen molar-refractivity contribution < 1.29 is 44.3 Å². The number of rotatable bonds is 7. The Bertz CT molecular complexity index is 1160. The quantitative estimate of drug-likeness (QED) is 0.336. The fourth-order valence-electron chi connectivity index (χ4n) is 4.58. The first kappa shape index (κ1) is 32.2. The van der Waals surface area contributed by atoms with Crippen molar-refractivity contribution in [1.82, 2.24) is 0 Å². The Kier molecular flexibility index (Phi) is 12.1. The SMILES string of the molecule is COc1ccc([C@@H]2CCC(=O)C2)cc1.COc1ccc([C@@H]2CC[C@](N)(C#N)C2)cc1.O=C(O)[C@H](O)[C@@H](O)C(=O)O. The van der Waals surface area contributed by atoms with Crippen LogP contribution in [0.15, 0.2) is 48.5 Å². The molecule has 2 fully saturated rings. The van der Waals surface area contributed by atoms with Crippen LogP contribution in [0, 0.1) is 11.3 Å². The molecule has 2 aliphatic rings. The molecule has 0 amide bonds. The van der Waals surface area contributed by atoms with E-state index < -0.39 is 29.7 Å². The van der Waals surface area contributed by atoms with Crippen LogP contribution in [0.3, 0.4) is 0 Å². The van der Waals surface area contributed by atoms with Crippen molar-refractivity contribution in [3.8, 4) is 17.6 Å². The number of carboxylic acid groups (broad SMARTS) is 2. The highest BCUT2D eigenvalue weighted by atomic mass is 16.5. The molecule has 0 spiro atoms. The molecule has 0 bridgehead atoms. The van der Waals surface area contributed by atoms with Gasteiger partial charge in [-0.15, -0.1) is 0 Å². The van der Waals surface area contributed by atoms with Gasteiger partial charge in [0.2, 0.25) is 0 Å². The number of ether oxygens (including phenoxy) is 2. The Labute approximate surface area is 232 Å². The molecule has 2 aliphatic carbocycles. The van der Waals surface area contributed by atoms with Crippen LogP contribution in [-0.4, -0.2) is 70.1 Å².